The Morgan fingerprint density at radius 2 is 2.00 bits per heavy atom. The van der Waals surface area contributed by atoms with E-state index in [4.69, 9.17) is 9.47 Å². The van der Waals surface area contributed by atoms with Gasteiger partial charge in [0.15, 0.2) is 5.60 Å². The molecule has 0 heterocycles. The summed E-state index contributed by atoms with van der Waals surface area (Å²) < 4.78 is 11.0. The van der Waals surface area contributed by atoms with Crippen molar-refractivity contribution in [2.75, 3.05) is 6.61 Å². The minimum atomic E-state index is -1.04. The van der Waals surface area contributed by atoms with Crippen LogP contribution in [0.5, 0.6) is 5.75 Å². The lowest BCUT2D eigenvalue weighted by molar-refractivity contribution is -0.156. The number of esters is 1. The molecule has 0 radical (unpaired) electrons. The van der Waals surface area contributed by atoms with Crippen LogP contribution < -0.4 is 4.74 Å². The van der Waals surface area contributed by atoms with Crippen LogP contribution >= 0.6 is 0 Å². The molecule has 0 N–H and O–H groups in total. The number of hydrogen-bond donors (Lipinski definition) is 0. The number of benzene rings is 1. The summed E-state index contributed by atoms with van der Waals surface area (Å²) in [5.41, 5.74) is -1.04. The molecule has 1 atom stereocenters. The first kappa shape index (κ1) is 15.4. The second-order valence-electron chi connectivity index (χ2n) is 4.33. The maximum absolute atomic E-state index is 12.3. The summed E-state index contributed by atoms with van der Waals surface area (Å²) in [6.07, 6.45) is 4.02. The lowest BCUT2D eigenvalue weighted by atomic mass is 9.96. The van der Waals surface area contributed by atoms with Gasteiger partial charge in [0.25, 0.3) is 0 Å². The summed E-state index contributed by atoms with van der Waals surface area (Å²) in [4.78, 5) is 12.3. The van der Waals surface area contributed by atoms with Gasteiger partial charge in [0.2, 0.25) is 0 Å². The molecule has 1 aromatic carbocycles. The molecule has 1 unspecified atom stereocenters. The molecule has 0 aliphatic heterocycles. The Bertz CT molecular complexity index is 400. The zero-order valence-electron chi connectivity index (χ0n) is 11.7. The number of para-hydroxylation sites is 1. The molecule has 0 spiro atoms. The fraction of sp³-hybridized carbons (Fsp3) is 0.438. The highest BCUT2D eigenvalue weighted by Crippen LogP contribution is 2.24. The summed E-state index contributed by atoms with van der Waals surface area (Å²) >= 11 is 0. The van der Waals surface area contributed by atoms with Gasteiger partial charge < -0.3 is 9.47 Å². The summed E-state index contributed by atoms with van der Waals surface area (Å²) in [5, 5.41) is 0. The molecule has 0 fully saturated rings. The number of rotatable bonds is 8. The van der Waals surface area contributed by atoms with Gasteiger partial charge in [-0.25, -0.2) is 4.79 Å². The Balaban J connectivity index is 2.84. The number of carbonyl (C=O) groups excluding carboxylic acids is 1. The van der Waals surface area contributed by atoms with Crippen LogP contribution in [-0.4, -0.2) is 18.2 Å². The lowest BCUT2D eigenvalue weighted by Gasteiger charge is -2.27. The molecule has 1 rings (SSSR count). The van der Waals surface area contributed by atoms with E-state index in [1.807, 2.05) is 25.1 Å². The van der Waals surface area contributed by atoms with Crippen LogP contribution in [0.3, 0.4) is 0 Å². The second kappa shape index (κ2) is 7.74. The molecule has 0 aliphatic rings. The first-order chi connectivity index (χ1) is 9.18. The highest BCUT2D eigenvalue weighted by molar-refractivity contribution is 5.84. The van der Waals surface area contributed by atoms with Crippen molar-refractivity contribution >= 4 is 5.97 Å². The third kappa shape index (κ3) is 4.21. The lowest BCUT2D eigenvalue weighted by Crippen LogP contribution is -2.42. The predicted molar refractivity (Wildman–Crippen MR) is 76.2 cm³/mol. The SMILES string of the molecule is C=CC(CCCC)(OCC)C(=O)Oc1ccccc1. The van der Waals surface area contributed by atoms with Crippen LogP contribution in [0.1, 0.15) is 33.1 Å². The Hall–Kier alpha value is -1.61. The zero-order chi connectivity index (χ0) is 14.1. The van der Waals surface area contributed by atoms with Crippen molar-refractivity contribution in [3.63, 3.8) is 0 Å². The second-order valence-corrected chi connectivity index (χ2v) is 4.33. The van der Waals surface area contributed by atoms with Gasteiger partial charge >= 0.3 is 5.97 Å². The number of unbranched alkanes of at least 4 members (excludes halogenated alkanes) is 1. The summed E-state index contributed by atoms with van der Waals surface area (Å²) in [5.74, 6) is 0.124. The number of hydrogen-bond acceptors (Lipinski definition) is 3. The minimum absolute atomic E-state index is 0.399. The van der Waals surface area contributed by atoms with Crippen LogP contribution in [0.4, 0.5) is 0 Å². The Labute approximate surface area is 115 Å². The van der Waals surface area contributed by atoms with Crippen molar-refractivity contribution < 1.29 is 14.3 Å². The van der Waals surface area contributed by atoms with Gasteiger partial charge in [-0.2, -0.15) is 0 Å². The van der Waals surface area contributed by atoms with Crippen molar-refractivity contribution in [3.05, 3.63) is 43.0 Å². The quantitative estimate of drug-likeness (QED) is 0.406. The smallest absolute Gasteiger partial charge is 0.347 e. The fourth-order valence-electron chi connectivity index (χ4n) is 1.86. The predicted octanol–water partition coefficient (Wildman–Crippen LogP) is 3.74. The van der Waals surface area contributed by atoms with E-state index in [2.05, 4.69) is 13.5 Å². The van der Waals surface area contributed by atoms with Crippen molar-refractivity contribution in [2.45, 2.75) is 38.7 Å². The van der Waals surface area contributed by atoms with Crippen molar-refractivity contribution in [1.29, 1.82) is 0 Å². The fourth-order valence-corrected chi connectivity index (χ4v) is 1.86. The monoisotopic (exact) mass is 262 g/mol. The first-order valence-corrected chi connectivity index (χ1v) is 6.73. The largest absolute Gasteiger partial charge is 0.424 e. The number of ether oxygens (including phenoxy) is 2. The highest BCUT2D eigenvalue weighted by Gasteiger charge is 2.37. The molecule has 0 aromatic heterocycles. The van der Waals surface area contributed by atoms with E-state index in [1.165, 1.54) is 0 Å². The maximum Gasteiger partial charge on any atom is 0.347 e. The molecule has 104 valence electrons. The average Bonchev–Trinajstić information content (AvgIpc) is 2.44. The van der Waals surface area contributed by atoms with E-state index in [0.717, 1.165) is 12.8 Å². The molecule has 0 saturated heterocycles. The molecule has 0 amide bonds. The van der Waals surface area contributed by atoms with Gasteiger partial charge in [-0.15, -0.1) is 0 Å². The van der Waals surface area contributed by atoms with E-state index >= 15 is 0 Å². The van der Waals surface area contributed by atoms with Crippen LogP contribution in [0.2, 0.25) is 0 Å². The van der Waals surface area contributed by atoms with Gasteiger partial charge in [-0.1, -0.05) is 38.1 Å². The van der Waals surface area contributed by atoms with E-state index in [0.29, 0.717) is 18.8 Å². The third-order valence-corrected chi connectivity index (χ3v) is 2.93. The Kier molecular flexibility index (Phi) is 6.30. The van der Waals surface area contributed by atoms with E-state index in [1.54, 1.807) is 18.2 Å². The van der Waals surface area contributed by atoms with Crippen LogP contribution in [0.25, 0.3) is 0 Å². The van der Waals surface area contributed by atoms with E-state index in [-0.39, 0.29) is 0 Å². The number of carbonyl (C=O) groups is 1. The molecular formula is C16H22O3. The van der Waals surface area contributed by atoms with Gasteiger partial charge in [0.1, 0.15) is 5.75 Å². The third-order valence-electron chi connectivity index (χ3n) is 2.93. The van der Waals surface area contributed by atoms with Crippen molar-refractivity contribution in [2.24, 2.45) is 0 Å². The topological polar surface area (TPSA) is 35.5 Å². The summed E-state index contributed by atoms with van der Waals surface area (Å²) in [6.45, 7) is 8.12. The van der Waals surface area contributed by atoms with Crippen molar-refractivity contribution in [1.82, 2.24) is 0 Å². The first-order valence-electron chi connectivity index (χ1n) is 6.73. The molecule has 1 aromatic rings. The summed E-state index contributed by atoms with van der Waals surface area (Å²) in [7, 11) is 0. The van der Waals surface area contributed by atoms with Crippen molar-refractivity contribution in [3.8, 4) is 5.75 Å². The molecule has 3 nitrogen and oxygen atoms in total. The maximum atomic E-state index is 12.3. The zero-order valence-corrected chi connectivity index (χ0v) is 11.7. The standard InChI is InChI=1S/C16H22O3/c1-4-7-13-16(5-2,18-6-3)15(17)19-14-11-9-8-10-12-14/h5,8-12H,2,4,6-7,13H2,1,3H3. The van der Waals surface area contributed by atoms with Crippen LogP contribution in [-0.2, 0) is 9.53 Å². The van der Waals surface area contributed by atoms with Gasteiger partial charge in [0.05, 0.1) is 0 Å². The van der Waals surface area contributed by atoms with Gasteiger partial charge in [-0.05, 0) is 38.0 Å². The van der Waals surface area contributed by atoms with Gasteiger partial charge in [-0.3, -0.25) is 0 Å². The molecule has 0 bridgehead atoms. The minimum Gasteiger partial charge on any atom is -0.424 e. The van der Waals surface area contributed by atoms with E-state index < -0.39 is 11.6 Å². The summed E-state index contributed by atoms with van der Waals surface area (Å²) in [6, 6.07) is 9.02. The molecule has 3 heteroatoms. The molecule has 0 aliphatic carbocycles. The Morgan fingerprint density at radius 1 is 1.32 bits per heavy atom. The van der Waals surface area contributed by atoms with Crippen LogP contribution in [0.15, 0.2) is 43.0 Å². The molecule has 19 heavy (non-hydrogen) atoms. The Morgan fingerprint density at radius 3 is 2.53 bits per heavy atom. The molecule has 0 saturated carbocycles. The highest BCUT2D eigenvalue weighted by atomic mass is 16.6. The average molecular weight is 262 g/mol. The molecular weight excluding hydrogens is 240 g/mol. The van der Waals surface area contributed by atoms with E-state index in [9.17, 15) is 4.79 Å². The normalized spacial score (nSPS) is 13.6. The van der Waals surface area contributed by atoms with Gasteiger partial charge in [0, 0.05) is 6.61 Å². The van der Waals surface area contributed by atoms with Crippen LogP contribution in [0, 0.1) is 0 Å².